The van der Waals surface area contributed by atoms with Crippen LogP contribution < -0.4 is 5.32 Å². The second-order valence-electron chi connectivity index (χ2n) is 6.85. The van der Waals surface area contributed by atoms with Crippen molar-refractivity contribution in [1.29, 1.82) is 0 Å². The predicted molar refractivity (Wildman–Crippen MR) is 94.3 cm³/mol. The van der Waals surface area contributed by atoms with Crippen molar-refractivity contribution in [2.24, 2.45) is 11.8 Å². The molecule has 132 valence electrons. The van der Waals surface area contributed by atoms with Gasteiger partial charge in [-0.25, -0.2) is 4.98 Å². The number of furan rings is 1. The summed E-state index contributed by atoms with van der Waals surface area (Å²) in [5.41, 5.74) is 0.913. The van der Waals surface area contributed by atoms with E-state index in [9.17, 15) is 9.59 Å². The fourth-order valence-corrected chi connectivity index (χ4v) is 4.19. The summed E-state index contributed by atoms with van der Waals surface area (Å²) in [7, 11) is 0. The van der Waals surface area contributed by atoms with Crippen LogP contribution in [-0.4, -0.2) is 34.8 Å². The van der Waals surface area contributed by atoms with Crippen LogP contribution in [0, 0.1) is 18.8 Å². The van der Waals surface area contributed by atoms with Crippen LogP contribution in [-0.2, 0) is 9.59 Å². The molecule has 7 heteroatoms. The highest BCUT2D eigenvalue weighted by molar-refractivity contribution is 7.13. The molecule has 1 N–H and O–H groups in total. The quantitative estimate of drug-likeness (QED) is 0.910. The molecule has 2 aliphatic rings. The van der Waals surface area contributed by atoms with Crippen LogP contribution in [0.1, 0.15) is 36.6 Å². The molecule has 2 aromatic heterocycles. The lowest BCUT2D eigenvalue weighted by Crippen LogP contribution is -2.42. The number of rotatable bonds is 4. The Balaban J connectivity index is 1.27. The van der Waals surface area contributed by atoms with Crippen LogP contribution in [0.5, 0.6) is 0 Å². The van der Waals surface area contributed by atoms with Crippen molar-refractivity contribution >= 4 is 28.3 Å². The molecule has 1 aliphatic carbocycles. The number of thiazole rings is 1. The molecule has 1 saturated heterocycles. The number of aromatic nitrogens is 1. The van der Waals surface area contributed by atoms with E-state index in [1.54, 1.807) is 6.26 Å². The highest BCUT2D eigenvalue weighted by atomic mass is 32.1. The van der Waals surface area contributed by atoms with E-state index in [0.717, 1.165) is 17.9 Å². The number of hydrogen-bond donors (Lipinski definition) is 1. The molecule has 6 nitrogen and oxygen atoms in total. The molecule has 2 atom stereocenters. The topological polar surface area (TPSA) is 75.4 Å². The van der Waals surface area contributed by atoms with Gasteiger partial charge in [0.05, 0.1) is 12.0 Å². The van der Waals surface area contributed by atoms with E-state index < -0.39 is 0 Å². The highest BCUT2D eigenvalue weighted by Crippen LogP contribution is 2.48. The minimum absolute atomic E-state index is 0.0151. The Morgan fingerprint density at radius 2 is 2.16 bits per heavy atom. The Morgan fingerprint density at radius 1 is 1.36 bits per heavy atom. The van der Waals surface area contributed by atoms with Crippen LogP contribution in [0.4, 0.5) is 5.13 Å². The molecule has 25 heavy (non-hydrogen) atoms. The van der Waals surface area contributed by atoms with E-state index in [1.807, 2.05) is 29.3 Å². The van der Waals surface area contributed by atoms with Crippen molar-refractivity contribution in [2.45, 2.75) is 32.1 Å². The lowest BCUT2D eigenvalue weighted by atomic mass is 9.95. The maximum atomic E-state index is 12.6. The largest absolute Gasteiger partial charge is 0.469 e. The van der Waals surface area contributed by atoms with Crippen LogP contribution in [0.15, 0.2) is 28.2 Å². The fourth-order valence-electron chi connectivity index (χ4n) is 3.50. The molecule has 1 aliphatic heterocycles. The van der Waals surface area contributed by atoms with Gasteiger partial charge in [-0.2, -0.15) is 0 Å². The predicted octanol–water partition coefficient (Wildman–Crippen LogP) is 3.03. The SMILES string of the molecule is Cc1csc(NC(=O)C2CCN(C(=O)C3CC3c3ccco3)CC2)n1. The van der Waals surface area contributed by atoms with Gasteiger partial charge in [-0.3, -0.25) is 9.59 Å². The molecule has 2 fully saturated rings. The van der Waals surface area contributed by atoms with E-state index in [4.69, 9.17) is 4.42 Å². The standard InChI is InChI=1S/C18H21N3O3S/c1-11-10-25-18(19-11)20-16(22)12-4-6-21(7-5-12)17(23)14-9-13(14)15-3-2-8-24-15/h2-3,8,10,12-14H,4-7,9H2,1H3,(H,19,20,22). The lowest BCUT2D eigenvalue weighted by molar-refractivity contribution is -0.135. The zero-order valence-corrected chi connectivity index (χ0v) is 14.9. The Kier molecular flexibility index (Phi) is 4.33. The van der Waals surface area contributed by atoms with Crippen LogP contribution in [0.3, 0.4) is 0 Å². The normalized spacial score (nSPS) is 23.5. The van der Waals surface area contributed by atoms with Crippen molar-refractivity contribution < 1.29 is 14.0 Å². The second-order valence-corrected chi connectivity index (χ2v) is 7.71. The van der Waals surface area contributed by atoms with E-state index in [-0.39, 0.29) is 29.6 Å². The smallest absolute Gasteiger partial charge is 0.229 e. The first kappa shape index (κ1) is 16.3. The third-order valence-electron chi connectivity index (χ3n) is 5.04. The van der Waals surface area contributed by atoms with Crippen molar-refractivity contribution in [2.75, 3.05) is 18.4 Å². The molecule has 3 heterocycles. The maximum Gasteiger partial charge on any atom is 0.229 e. The zero-order chi connectivity index (χ0) is 17.4. The zero-order valence-electron chi connectivity index (χ0n) is 14.1. The van der Waals surface area contributed by atoms with Gasteiger partial charge in [-0.05, 0) is 38.3 Å². The van der Waals surface area contributed by atoms with E-state index >= 15 is 0 Å². The van der Waals surface area contributed by atoms with Crippen LogP contribution >= 0.6 is 11.3 Å². The minimum atomic E-state index is -0.0478. The summed E-state index contributed by atoms with van der Waals surface area (Å²) in [4.78, 5) is 31.1. The van der Waals surface area contributed by atoms with Gasteiger partial charge >= 0.3 is 0 Å². The average Bonchev–Trinajstić information content (AvgIpc) is 3.02. The first-order valence-corrected chi connectivity index (χ1v) is 9.55. The Hall–Kier alpha value is -2.15. The molecule has 0 spiro atoms. The van der Waals surface area contributed by atoms with Crippen LogP contribution in [0.25, 0.3) is 0 Å². The number of nitrogens with one attached hydrogen (secondary N) is 1. The summed E-state index contributed by atoms with van der Waals surface area (Å²) in [6.45, 7) is 3.20. The molecule has 0 radical (unpaired) electrons. The van der Waals surface area contributed by atoms with Gasteiger partial charge in [-0.15, -0.1) is 11.3 Å². The number of carbonyl (C=O) groups excluding carboxylic acids is 2. The van der Waals surface area contributed by atoms with Crippen molar-refractivity contribution in [1.82, 2.24) is 9.88 Å². The third kappa shape index (κ3) is 3.46. The summed E-state index contributed by atoms with van der Waals surface area (Å²) in [5, 5.41) is 5.46. The first-order chi connectivity index (χ1) is 12.1. The number of anilines is 1. The summed E-state index contributed by atoms with van der Waals surface area (Å²) >= 11 is 1.44. The lowest BCUT2D eigenvalue weighted by Gasteiger charge is -2.31. The molecular formula is C18H21N3O3S. The third-order valence-corrected chi connectivity index (χ3v) is 5.92. The molecule has 1 saturated carbocycles. The van der Waals surface area contributed by atoms with Gasteiger partial charge in [0, 0.05) is 36.2 Å². The number of likely N-dealkylation sites (tertiary alicyclic amines) is 1. The number of carbonyl (C=O) groups is 2. The van der Waals surface area contributed by atoms with E-state index in [1.165, 1.54) is 11.3 Å². The number of piperidine rings is 1. The average molecular weight is 359 g/mol. The molecule has 2 unspecified atom stereocenters. The van der Waals surface area contributed by atoms with E-state index in [2.05, 4.69) is 10.3 Å². The molecular weight excluding hydrogens is 338 g/mol. The monoisotopic (exact) mass is 359 g/mol. The molecule has 4 rings (SSSR count). The molecule has 2 aromatic rings. The van der Waals surface area contributed by atoms with Crippen LogP contribution in [0.2, 0.25) is 0 Å². The van der Waals surface area contributed by atoms with Gasteiger partial charge in [-0.1, -0.05) is 0 Å². The molecule has 0 aromatic carbocycles. The van der Waals surface area contributed by atoms with Crippen molar-refractivity contribution in [3.05, 3.63) is 35.2 Å². The summed E-state index contributed by atoms with van der Waals surface area (Å²) in [6, 6.07) is 3.80. The number of aryl methyl sites for hydroxylation is 1. The molecule has 0 bridgehead atoms. The molecule has 2 amide bonds. The Bertz CT molecular complexity index is 762. The second kappa shape index (κ2) is 6.63. The number of amides is 2. The van der Waals surface area contributed by atoms with Gasteiger partial charge in [0.15, 0.2) is 5.13 Å². The van der Waals surface area contributed by atoms with Gasteiger partial charge in [0.25, 0.3) is 0 Å². The van der Waals surface area contributed by atoms with Crippen molar-refractivity contribution in [3.8, 4) is 0 Å². The van der Waals surface area contributed by atoms with Gasteiger partial charge < -0.3 is 14.6 Å². The first-order valence-electron chi connectivity index (χ1n) is 8.67. The fraction of sp³-hybridized carbons (Fsp3) is 0.500. The van der Waals surface area contributed by atoms with Crippen molar-refractivity contribution in [3.63, 3.8) is 0 Å². The summed E-state index contributed by atoms with van der Waals surface area (Å²) < 4.78 is 5.40. The number of nitrogens with zero attached hydrogens (tertiary/aromatic N) is 2. The summed E-state index contributed by atoms with van der Waals surface area (Å²) in [5.74, 6) is 1.36. The van der Waals surface area contributed by atoms with Gasteiger partial charge in [0.2, 0.25) is 11.8 Å². The minimum Gasteiger partial charge on any atom is -0.469 e. The highest BCUT2D eigenvalue weighted by Gasteiger charge is 2.48. The maximum absolute atomic E-state index is 12.6. The summed E-state index contributed by atoms with van der Waals surface area (Å²) in [6.07, 6.45) is 3.94. The van der Waals surface area contributed by atoms with E-state index in [0.29, 0.717) is 31.1 Å². The Labute approximate surface area is 150 Å². The number of hydrogen-bond acceptors (Lipinski definition) is 5. The Morgan fingerprint density at radius 3 is 2.80 bits per heavy atom. The van der Waals surface area contributed by atoms with Gasteiger partial charge in [0.1, 0.15) is 5.76 Å².